The highest BCUT2D eigenvalue weighted by molar-refractivity contribution is 5.89. The van der Waals surface area contributed by atoms with E-state index in [-0.39, 0.29) is 11.6 Å². The number of aromatic nitrogens is 1. The highest BCUT2D eigenvalue weighted by Crippen LogP contribution is 2.36. The standard InChI is InChI=1S/C26H20F6N2O2/c27-25(28,29)18-10-17(11-19(12-18)26(30,31)32)13-33-23(24(35)36)21-15-34(14-16-6-2-1-3-7-16)22-9-5-4-8-20(21)22/h1-12,15,23,33H,13-14H2,(H,35,36). The van der Waals surface area contributed by atoms with Crippen LogP contribution in [0.1, 0.15) is 33.9 Å². The topological polar surface area (TPSA) is 54.3 Å². The molecule has 0 bridgehead atoms. The van der Waals surface area contributed by atoms with Crippen LogP contribution in [-0.4, -0.2) is 15.6 Å². The summed E-state index contributed by atoms with van der Waals surface area (Å²) in [6.45, 7) is -0.0849. The van der Waals surface area contributed by atoms with Crippen molar-refractivity contribution in [3.8, 4) is 0 Å². The number of aliphatic carboxylic acids is 1. The van der Waals surface area contributed by atoms with Gasteiger partial charge in [-0.15, -0.1) is 0 Å². The molecule has 4 nitrogen and oxygen atoms in total. The lowest BCUT2D eigenvalue weighted by Crippen LogP contribution is -2.28. The second kappa shape index (κ2) is 9.69. The van der Waals surface area contributed by atoms with Crippen LogP contribution in [0.5, 0.6) is 0 Å². The van der Waals surface area contributed by atoms with Gasteiger partial charge in [-0.3, -0.25) is 10.1 Å². The summed E-state index contributed by atoms with van der Waals surface area (Å²) in [5.74, 6) is -1.32. The number of fused-ring (bicyclic) bond motifs is 1. The highest BCUT2D eigenvalue weighted by atomic mass is 19.4. The van der Waals surface area contributed by atoms with Crippen LogP contribution in [-0.2, 0) is 30.2 Å². The third kappa shape index (κ3) is 5.54. The van der Waals surface area contributed by atoms with Crippen LogP contribution < -0.4 is 5.32 Å². The fourth-order valence-corrected chi connectivity index (χ4v) is 4.09. The second-order valence-electron chi connectivity index (χ2n) is 8.28. The Balaban J connectivity index is 1.68. The summed E-state index contributed by atoms with van der Waals surface area (Å²) in [5, 5.41) is 13.1. The minimum Gasteiger partial charge on any atom is -0.480 e. The maximum Gasteiger partial charge on any atom is 0.416 e. The van der Waals surface area contributed by atoms with Gasteiger partial charge in [-0.2, -0.15) is 26.3 Å². The maximum absolute atomic E-state index is 13.2. The summed E-state index contributed by atoms with van der Waals surface area (Å²) in [6.07, 6.45) is -8.35. The van der Waals surface area contributed by atoms with Crippen molar-refractivity contribution in [2.45, 2.75) is 31.5 Å². The van der Waals surface area contributed by atoms with Crippen molar-refractivity contribution >= 4 is 16.9 Å². The Morgan fingerprint density at radius 2 is 1.42 bits per heavy atom. The molecule has 0 aliphatic heterocycles. The summed E-state index contributed by atoms with van der Waals surface area (Å²) in [7, 11) is 0. The van der Waals surface area contributed by atoms with Crippen molar-refractivity contribution in [2.24, 2.45) is 0 Å². The number of hydrogen-bond acceptors (Lipinski definition) is 2. The zero-order valence-corrected chi connectivity index (χ0v) is 18.6. The number of hydrogen-bond donors (Lipinski definition) is 2. The monoisotopic (exact) mass is 506 g/mol. The first-order chi connectivity index (χ1) is 16.9. The number of halogens is 6. The molecular weight excluding hydrogens is 486 g/mol. The van der Waals surface area contributed by atoms with Crippen molar-refractivity contribution in [1.82, 2.24) is 9.88 Å². The van der Waals surface area contributed by atoms with Gasteiger partial charge in [-0.1, -0.05) is 48.5 Å². The Morgan fingerprint density at radius 1 is 0.833 bits per heavy atom. The number of rotatable bonds is 7. The molecular formula is C26H20F6N2O2. The Morgan fingerprint density at radius 3 is 2.00 bits per heavy atom. The average Bonchev–Trinajstić information content (AvgIpc) is 3.16. The first-order valence-corrected chi connectivity index (χ1v) is 10.8. The van der Waals surface area contributed by atoms with E-state index in [1.54, 1.807) is 24.4 Å². The molecule has 4 rings (SSSR count). The number of benzene rings is 3. The third-order valence-electron chi connectivity index (χ3n) is 5.73. The number of alkyl halides is 6. The van der Waals surface area contributed by atoms with Gasteiger partial charge in [0, 0.05) is 35.8 Å². The Hall–Kier alpha value is -3.79. The quantitative estimate of drug-likeness (QED) is 0.276. The van der Waals surface area contributed by atoms with Gasteiger partial charge in [-0.05, 0) is 35.4 Å². The van der Waals surface area contributed by atoms with Crippen molar-refractivity contribution in [2.75, 3.05) is 0 Å². The van der Waals surface area contributed by atoms with Crippen LogP contribution >= 0.6 is 0 Å². The lowest BCUT2D eigenvalue weighted by atomic mass is 10.0. The summed E-state index contributed by atoms with van der Waals surface area (Å²) >= 11 is 0. The number of carbonyl (C=O) groups is 1. The van der Waals surface area contributed by atoms with Gasteiger partial charge in [0.1, 0.15) is 6.04 Å². The van der Waals surface area contributed by atoms with E-state index < -0.39 is 42.0 Å². The van der Waals surface area contributed by atoms with E-state index in [0.717, 1.165) is 11.1 Å². The molecule has 0 amide bonds. The molecule has 1 unspecified atom stereocenters. The van der Waals surface area contributed by atoms with Crippen LogP contribution in [0, 0.1) is 0 Å². The Labute approximate surface area is 201 Å². The fraction of sp³-hybridized carbons (Fsp3) is 0.192. The zero-order valence-electron chi connectivity index (χ0n) is 18.6. The van der Waals surface area contributed by atoms with E-state index in [4.69, 9.17) is 0 Å². The van der Waals surface area contributed by atoms with E-state index >= 15 is 0 Å². The predicted molar refractivity (Wildman–Crippen MR) is 121 cm³/mol. The highest BCUT2D eigenvalue weighted by Gasteiger charge is 2.37. The van der Waals surface area contributed by atoms with E-state index in [1.165, 1.54) is 0 Å². The summed E-state index contributed by atoms with van der Waals surface area (Å²) in [5.41, 5.74) is -1.20. The van der Waals surface area contributed by atoms with E-state index in [0.29, 0.717) is 29.6 Å². The van der Waals surface area contributed by atoms with Crippen LogP contribution in [0.4, 0.5) is 26.3 Å². The summed E-state index contributed by atoms with van der Waals surface area (Å²) < 4.78 is 81.0. The minimum absolute atomic E-state index is 0.0371. The van der Waals surface area contributed by atoms with Crippen molar-refractivity contribution in [3.05, 3.63) is 107 Å². The molecule has 3 aromatic carbocycles. The number of carboxylic acids is 1. The van der Waals surface area contributed by atoms with Crippen LogP contribution in [0.2, 0.25) is 0 Å². The first kappa shape index (κ1) is 25.3. The number of nitrogens with zero attached hydrogens (tertiary/aromatic N) is 1. The van der Waals surface area contributed by atoms with Crippen LogP contribution in [0.25, 0.3) is 10.9 Å². The molecule has 0 aliphatic rings. The predicted octanol–water partition coefficient (Wildman–Crippen LogP) is 6.64. The van der Waals surface area contributed by atoms with Gasteiger partial charge in [0.05, 0.1) is 11.1 Å². The molecule has 0 fully saturated rings. The van der Waals surface area contributed by atoms with Crippen LogP contribution in [0.15, 0.2) is 79.0 Å². The Kier molecular flexibility index (Phi) is 6.81. The van der Waals surface area contributed by atoms with Gasteiger partial charge in [0.2, 0.25) is 0 Å². The number of carboxylic acid groups (broad SMARTS) is 1. The van der Waals surface area contributed by atoms with E-state index in [9.17, 15) is 36.2 Å². The lowest BCUT2D eigenvalue weighted by molar-refractivity contribution is -0.143. The second-order valence-corrected chi connectivity index (χ2v) is 8.28. The molecule has 1 heterocycles. The van der Waals surface area contributed by atoms with Crippen molar-refractivity contribution in [3.63, 3.8) is 0 Å². The minimum atomic E-state index is -4.99. The number of para-hydroxylation sites is 1. The molecule has 10 heteroatoms. The normalized spacial score (nSPS) is 13.2. The molecule has 2 N–H and O–H groups in total. The third-order valence-corrected chi connectivity index (χ3v) is 5.73. The molecule has 0 spiro atoms. The smallest absolute Gasteiger partial charge is 0.416 e. The summed E-state index contributed by atoms with van der Waals surface area (Å²) in [6, 6.07) is 16.3. The largest absolute Gasteiger partial charge is 0.480 e. The maximum atomic E-state index is 13.2. The molecule has 36 heavy (non-hydrogen) atoms. The molecule has 188 valence electrons. The lowest BCUT2D eigenvalue weighted by Gasteiger charge is -2.17. The van der Waals surface area contributed by atoms with Crippen molar-refractivity contribution < 1.29 is 36.2 Å². The fourth-order valence-electron chi connectivity index (χ4n) is 4.09. The van der Waals surface area contributed by atoms with Crippen LogP contribution in [0.3, 0.4) is 0 Å². The van der Waals surface area contributed by atoms with Crippen molar-refractivity contribution in [1.29, 1.82) is 0 Å². The van der Waals surface area contributed by atoms with Gasteiger partial charge < -0.3 is 9.67 Å². The van der Waals surface area contributed by atoms with E-state index in [1.807, 2.05) is 41.0 Å². The van der Waals surface area contributed by atoms with Gasteiger partial charge >= 0.3 is 18.3 Å². The molecule has 1 aromatic heterocycles. The molecule has 0 radical (unpaired) electrons. The van der Waals surface area contributed by atoms with Gasteiger partial charge in [0.15, 0.2) is 0 Å². The average molecular weight is 506 g/mol. The molecule has 1 atom stereocenters. The SMILES string of the molecule is O=C(O)C(NCc1cc(C(F)(F)F)cc(C(F)(F)F)c1)c1cn(Cc2ccccc2)c2ccccc12. The van der Waals surface area contributed by atoms with Gasteiger partial charge in [0.25, 0.3) is 0 Å². The summed E-state index contributed by atoms with van der Waals surface area (Å²) in [4.78, 5) is 12.2. The Bertz CT molecular complexity index is 1340. The van der Waals surface area contributed by atoms with E-state index in [2.05, 4.69) is 5.32 Å². The zero-order chi connectivity index (χ0) is 26.1. The molecule has 0 saturated heterocycles. The van der Waals surface area contributed by atoms with Gasteiger partial charge in [-0.25, -0.2) is 0 Å². The molecule has 0 saturated carbocycles. The first-order valence-electron chi connectivity index (χ1n) is 10.8. The molecule has 4 aromatic rings. The number of nitrogens with one attached hydrogen (secondary N) is 1. The molecule has 0 aliphatic carbocycles.